The van der Waals surface area contributed by atoms with E-state index in [-0.39, 0.29) is 12.0 Å². The van der Waals surface area contributed by atoms with E-state index < -0.39 is 5.60 Å². The number of ether oxygens (including phenoxy) is 1. The average Bonchev–Trinajstić information content (AvgIpc) is 2.19. The fourth-order valence-corrected chi connectivity index (χ4v) is 2.60. The Hall–Kier alpha value is -0.120. The van der Waals surface area contributed by atoms with Gasteiger partial charge in [0, 0.05) is 13.0 Å². The van der Waals surface area contributed by atoms with Crippen LogP contribution in [-0.2, 0) is 4.74 Å². The first-order valence-electron chi connectivity index (χ1n) is 6.20. The second kappa shape index (κ2) is 5.83. The van der Waals surface area contributed by atoms with Crippen LogP contribution >= 0.6 is 0 Å². The van der Waals surface area contributed by atoms with Gasteiger partial charge in [0.25, 0.3) is 0 Å². The topological polar surface area (TPSA) is 55.5 Å². The molecule has 90 valence electrons. The molecule has 3 atom stereocenters. The zero-order chi connectivity index (χ0) is 11.3. The van der Waals surface area contributed by atoms with Gasteiger partial charge in [0.05, 0.1) is 11.7 Å². The van der Waals surface area contributed by atoms with Crippen molar-refractivity contribution >= 4 is 0 Å². The molecule has 0 amide bonds. The maximum Gasteiger partial charge on any atom is 0.0734 e. The molecule has 3 N–H and O–H groups in total. The van der Waals surface area contributed by atoms with E-state index in [1.807, 2.05) is 0 Å². The molecule has 0 spiro atoms. The summed E-state index contributed by atoms with van der Waals surface area (Å²) in [5, 5.41) is 10.6. The maximum atomic E-state index is 10.6. The maximum absolute atomic E-state index is 10.6. The summed E-state index contributed by atoms with van der Waals surface area (Å²) in [7, 11) is 0. The Balaban J connectivity index is 2.58. The molecule has 0 radical (unpaired) electrons. The largest absolute Gasteiger partial charge is 0.389 e. The molecular weight excluding hydrogens is 190 g/mol. The Bertz CT molecular complexity index is 180. The Kier molecular flexibility index (Phi) is 5.03. The number of rotatable bonds is 5. The van der Waals surface area contributed by atoms with Crippen LogP contribution in [0.25, 0.3) is 0 Å². The summed E-state index contributed by atoms with van der Waals surface area (Å²) in [4.78, 5) is 0. The Morgan fingerprint density at radius 1 is 1.53 bits per heavy atom. The quantitative estimate of drug-likeness (QED) is 0.733. The van der Waals surface area contributed by atoms with E-state index in [1.165, 1.54) is 0 Å². The van der Waals surface area contributed by atoms with Gasteiger partial charge in [-0.25, -0.2) is 0 Å². The van der Waals surface area contributed by atoms with Crippen molar-refractivity contribution in [2.75, 3.05) is 13.2 Å². The number of hydrogen-bond donors (Lipinski definition) is 2. The predicted octanol–water partition coefficient (Wildman–Crippen LogP) is 1.68. The zero-order valence-electron chi connectivity index (χ0n) is 10.0. The van der Waals surface area contributed by atoms with Gasteiger partial charge >= 0.3 is 0 Å². The van der Waals surface area contributed by atoms with Crippen molar-refractivity contribution in [2.45, 2.75) is 57.7 Å². The minimum atomic E-state index is -0.582. The molecule has 3 unspecified atom stereocenters. The molecule has 1 aliphatic rings. The van der Waals surface area contributed by atoms with Gasteiger partial charge in [-0.3, -0.25) is 0 Å². The van der Waals surface area contributed by atoms with Gasteiger partial charge < -0.3 is 15.6 Å². The van der Waals surface area contributed by atoms with Crippen LogP contribution in [0.5, 0.6) is 0 Å². The number of nitrogens with two attached hydrogens (primary N) is 1. The Morgan fingerprint density at radius 3 is 2.80 bits per heavy atom. The lowest BCUT2D eigenvalue weighted by molar-refractivity contribution is -0.132. The van der Waals surface area contributed by atoms with Crippen LogP contribution < -0.4 is 5.73 Å². The first-order valence-corrected chi connectivity index (χ1v) is 6.20. The lowest BCUT2D eigenvalue weighted by Gasteiger charge is -2.41. The highest BCUT2D eigenvalue weighted by Gasteiger charge is 2.39. The molecule has 0 saturated carbocycles. The van der Waals surface area contributed by atoms with Crippen molar-refractivity contribution in [1.29, 1.82) is 0 Å². The van der Waals surface area contributed by atoms with Gasteiger partial charge in [0.2, 0.25) is 0 Å². The standard InChI is InChI=1S/C12H25NO2/c1-3-5-11-8-12(14,6-7-15-11)10(4-2)9-13/h10-11,14H,3-9,13H2,1-2H3. The molecule has 0 aliphatic carbocycles. The summed E-state index contributed by atoms with van der Waals surface area (Å²) in [5.74, 6) is 0.223. The van der Waals surface area contributed by atoms with E-state index in [4.69, 9.17) is 10.5 Å². The van der Waals surface area contributed by atoms with Gasteiger partial charge in [0.1, 0.15) is 0 Å². The highest BCUT2D eigenvalue weighted by molar-refractivity contribution is 4.91. The van der Waals surface area contributed by atoms with E-state index in [9.17, 15) is 5.11 Å². The van der Waals surface area contributed by atoms with Crippen molar-refractivity contribution in [3.63, 3.8) is 0 Å². The minimum Gasteiger partial charge on any atom is -0.389 e. The van der Waals surface area contributed by atoms with Crippen LogP contribution in [0, 0.1) is 5.92 Å². The molecule has 0 aromatic heterocycles. The number of aliphatic hydroxyl groups is 1. The monoisotopic (exact) mass is 215 g/mol. The number of hydrogen-bond acceptors (Lipinski definition) is 3. The van der Waals surface area contributed by atoms with Gasteiger partial charge in [-0.2, -0.15) is 0 Å². The van der Waals surface area contributed by atoms with Crippen LogP contribution in [0.15, 0.2) is 0 Å². The third kappa shape index (κ3) is 3.16. The molecule has 1 heterocycles. The molecule has 1 rings (SSSR count). The third-order valence-corrected chi connectivity index (χ3v) is 3.62. The zero-order valence-corrected chi connectivity index (χ0v) is 10.0. The van der Waals surface area contributed by atoms with E-state index in [2.05, 4.69) is 13.8 Å². The molecule has 0 bridgehead atoms. The van der Waals surface area contributed by atoms with Crippen LogP contribution in [0.1, 0.15) is 46.0 Å². The highest BCUT2D eigenvalue weighted by atomic mass is 16.5. The van der Waals surface area contributed by atoms with Crippen LogP contribution in [0.2, 0.25) is 0 Å². The van der Waals surface area contributed by atoms with E-state index in [0.717, 1.165) is 32.1 Å². The van der Waals surface area contributed by atoms with Crippen molar-refractivity contribution in [1.82, 2.24) is 0 Å². The molecule has 0 aromatic carbocycles. The Morgan fingerprint density at radius 2 is 2.27 bits per heavy atom. The van der Waals surface area contributed by atoms with Crippen LogP contribution in [0.3, 0.4) is 0 Å². The smallest absolute Gasteiger partial charge is 0.0734 e. The molecular formula is C12H25NO2. The van der Waals surface area contributed by atoms with E-state index in [1.54, 1.807) is 0 Å². The van der Waals surface area contributed by atoms with Gasteiger partial charge in [-0.15, -0.1) is 0 Å². The molecule has 1 saturated heterocycles. The lowest BCUT2D eigenvalue weighted by Crippen LogP contribution is -2.48. The molecule has 3 nitrogen and oxygen atoms in total. The van der Waals surface area contributed by atoms with E-state index >= 15 is 0 Å². The van der Waals surface area contributed by atoms with Gasteiger partial charge in [-0.1, -0.05) is 20.3 Å². The fraction of sp³-hybridized carbons (Fsp3) is 1.00. The first kappa shape index (κ1) is 12.9. The highest BCUT2D eigenvalue weighted by Crippen LogP contribution is 2.34. The SMILES string of the molecule is CCCC1CC(O)(C(CC)CN)CCO1. The van der Waals surface area contributed by atoms with Crippen molar-refractivity contribution in [3.05, 3.63) is 0 Å². The second-order valence-electron chi connectivity index (χ2n) is 4.68. The summed E-state index contributed by atoms with van der Waals surface area (Å²) >= 11 is 0. The molecule has 1 aliphatic heterocycles. The molecule has 3 heteroatoms. The predicted molar refractivity (Wildman–Crippen MR) is 61.7 cm³/mol. The van der Waals surface area contributed by atoms with Crippen molar-refractivity contribution in [2.24, 2.45) is 11.7 Å². The summed E-state index contributed by atoms with van der Waals surface area (Å²) in [5.41, 5.74) is 5.14. The Labute approximate surface area is 93.0 Å². The van der Waals surface area contributed by atoms with Crippen LogP contribution in [-0.4, -0.2) is 30.0 Å². The fourth-order valence-electron chi connectivity index (χ4n) is 2.60. The second-order valence-corrected chi connectivity index (χ2v) is 4.68. The van der Waals surface area contributed by atoms with Crippen LogP contribution in [0.4, 0.5) is 0 Å². The lowest BCUT2D eigenvalue weighted by atomic mass is 9.77. The normalized spacial score (nSPS) is 34.0. The molecule has 1 fully saturated rings. The van der Waals surface area contributed by atoms with Gasteiger partial charge in [0.15, 0.2) is 0 Å². The summed E-state index contributed by atoms with van der Waals surface area (Å²) in [6.07, 6.45) is 4.84. The average molecular weight is 215 g/mol. The summed E-state index contributed by atoms with van der Waals surface area (Å²) in [6, 6.07) is 0. The van der Waals surface area contributed by atoms with E-state index in [0.29, 0.717) is 13.2 Å². The molecule has 15 heavy (non-hydrogen) atoms. The molecule has 0 aromatic rings. The van der Waals surface area contributed by atoms with Crippen molar-refractivity contribution < 1.29 is 9.84 Å². The summed E-state index contributed by atoms with van der Waals surface area (Å²) in [6.45, 7) is 5.50. The van der Waals surface area contributed by atoms with Gasteiger partial charge in [-0.05, 0) is 31.7 Å². The van der Waals surface area contributed by atoms with Crippen molar-refractivity contribution in [3.8, 4) is 0 Å². The minimum absolute atomic E-state index is 0.223. The first-order chi connectivity index (χ1) is 7.16. The summed E-state index contributed by atoms with van der Waals surface area (Å²) < 4.78 is 5.65. The third-order valence-electron chi connectivity index (χ3n) is 3.62.